The second-order valence-electron chi connectivity index (χ2n) is 6.81. The Morgan fingerprint density at radius 1 is 1.19 bits per heavy atom. The van der Waals surface area contributed by atoms with Crippen molar-refractivity contribution in [2.45, 2.75) is 19.4 Å². The minimum atomic E-state index is -0.318. The topological polar surface area (TPSA) is 47.4 Å². The maximum Gasteiger partial charge on any atom is 0.337 e. The van der Waals surface area contributed by atoms with Crippen molar-refractivity contribution in [3.8, 4) is 0 Å². The fourth-order valence-corrected chi connectivity index (χ4v) is 3.59. The van der Waals surface area contributed by atoms with Gasteiger partial charge < -0.3 is 14.2 Å². The number of rotatable bonds is 7. The molecule has 3 rings (SSSR count). The Morgan fingerprint density at radius 2 is 1.93 bits per heavy atom. The van der Waals surface area contributed by atoms with E-state index in [-0.39, 0.29) is 5.97 Å². The average Bonchev–Trinajstić information content (AvgIpc) is 3.00. The average molecular weight is 430 g/mol. The summed E-state index contributed by atoms with van der Waals surface area (Å²) in [6, 6.07) is 13.7. The number of para-hydroxylation sites is 1. The van der Waals surface area contributed by atoms with Gasteiger partial charge in [-0.15, -0.1) is 0 Å². The summed E-state index contributed by atoms with van der Waals surface area (Å²) >= 11 is 3.62. The van der Waals surface area contributed by atoms with E-state index >= 15 is 0 Å². The van der Waals surface area contributed by atoms with Crippen LogP contribution in [-0.2, 0) is 17.7 Å². The van der Waals surface area contributed by atoms with Crippen LogP contribution in [0.4, 0.5) is 0 Å². The van der Waals surface area contributed by atoms with E-state index in [2.05, 4.69) is 45.6 Å². The Morgan fingerprint density at radius 3 is 2.59 bits per heavy atom. The summed E-state index contributed by atoms with van der Waals surface area (Å²) in [6.45, 7) is 1.95. The van der Waals surface area contributed by atoms with Crippen LogP contribution in [0.3, 0.4) is 0 Å². The maximum absolute atomic E-state index is 11.6. The molecular weight excluding hydrogens is 406 g/mol. The molecule has 6 heteroatoms. The van der Waals surface area contributed by atoms with E-state index in [4.69, 9.17) is 9.72 Å². The number of aromatic nitrogens is 2. The number of ether oxygens (including phenoxy) is 1. The molecule has 142 valence electrons. The molecule has 5 nitrogen and oxygen atoms in total. The summed E-state index contributed by atoms with van der Waals surface area (Å²) in [7, 11) is 5.57. The van der Waals surface area contributed by atoms with Crippen LogP contribution in [0.5, 0.6) is 0 Å². The molecule has 0 spiro atoms. The third kappa shape index (κ3) is 4.57. The standard InChI is InChI=1S/C21H24BrN3O2/c1-24(2)12-5-13-25-18-7-4-6-17(22)20(18)23-19(25)14-15-8-10-16(11-9-15)21(26)27-3/h4,6-11H,5,12-14H2,1-3H3. The lowest BCUT2D eigenvalue weighted by atomic mass is 10.1. The zero-order chi connectivity index (χ0) is 19.4. The molecule has 0 bridgehead atoms. The van der Waals surface area contributed by atoms with Crippen molar-refractivity contribution in [1.82, 2.24) is 14.5 Å². The predicted octanol–water partition coefficient (Wildman–Crippen LogP) is 4.13. The number of carbonyl (C=O) groups excluding carboxylic acids is 1. The van der Waals surface area contributed by atoms with Gasteiger partial charge >= 0.3 is 5.97 Å². The normalized spacial score (nSPS) is 11.3. The first-order valence-electron chi connectivity index (χ1n) is 8.95. The van der Waals surface area contributed by atoms with Crippen LogP contribution >= 0.6 is 15.9 Å². The van der Waals surface area contributed by atoms with Crippen LogP contribution in [0.25, 0.3) is 11.0 Å². The highest BCUT2D eigenvalue weighted by Gasteiger charge is 2.14. The molecular formula is C21H24BrN3O2. The van der Waals surface area contributed by atoms with Crippen molar-refractivity contribution in [2.24, 2.45) is 0 Å². The van der Waals surface area contributed by atoms with Crippen molar-refractivity contribution >= 4 is 32.9 Å². The van der Waals surface area contributed by atoms with E-state index in [0.717, 1.165) is 46.4 Å². The molecule has 0 aliphatic heterocycles. The number of nitrogens with zero attached hydrogens (tertiary/aromatic N) is 3. The van der Waals surface area contributed by atoms with Crippen LogP contribution in [0.2, 0.25) is 0 Å². The molecule has 0 saturated carbocycles. The number of benzene rings is 2. The molecule has 0 fully saturated rings. The van der Waals surface area contributed by atoms with E-state index in [0.29, 0.717) is 12.0 Å². The van der Waals surface area contributed by atoms with E-state index in [9.17, 15) is 4.79 Å². The van der Waals surface area contributed by atoms with E-state index < -0.39 is 0 Å². The first-order chi connectivity index (χ1) is 13.0. The summed E-state index contributed by atoms with van der Waals surface area (Å²) in [6.07, 6.45) is 1.77. The lowest BCUT2D eigenvalue weighted by Gasteiger charge is -2.12. The van der Waals surface area contributed by atoms with Gasteiger partial charge in [-0.2, -0.15) is 0 Å². The zero-order valence-corrected chi connectivity index (χ0v) is 17.5. The summed E-state index contributed by atoms with van der Waals surface area (Å²) in [5.74, 6) is 0.711. The summed E-state index contributed by atoms with van der Waals surface area (Å²) < 4.78 is 8.08. The van der Waals surface area contributed by atoms with Gasteiger partial charge in [-0.25, -0.2) is 9.78 Å². The van der Waals surface area contributed by atoms with Gasteiger partial charge in [-0.05, 0) is 72.8 Å². The SMILES string of the molecule is COC(=O)c1ccc(Cc2nc3c(Br)cccc3n2CCCN(C)C)cc1. The highest BCUT2D eigenvalue weighted by Crippen LogP contribution is 2.26. The van der Waals surface area contributed by atoms with Crippen molar-refractivity contribution in [1.29, 1.82) is 0 Å². The molecule has 0 unspecified atom stereocenters. The lowest BCUT2D eigenvalue weighted by Crippen LogP contribution is -2.16. The second-order valence-corrected chi connectivity index (χ2v) is 7.66. The van der Waals surface area contributed by atoms with E-state index in [1.54, 1.807) is 12.1 Å². The Labute approximate surface area is 168 Å². The van der Waals surface area contributed by atoms with Crippen LogP contribution in [-0.4, -0.2) is 48.2 Å². The van der Waals surface area contributed by atoms with Gasteiger partial charge in [0.1, 0.15) is 11.3 Å². The van der Waals surface area contributed by atoms with E-state index in [1.165, 1.54) is 7.11 Å². The zero-order valence-electron chi connectivity index (χ0n) is 15.9. The Hall–Kier alpha value is -2.18. The van der Waals surface area contributed by atoms with Gasteiger partial charge in [0.2, 0.25) is 0 Å². The molecule has 3 aromatic rings. The number of aryl methyl sites for hydroxylation is 1. The fraction of sp³-hybridized carbons (Fsp3) is 0.333. The molecule has 0 aliphatic rings. The van der Waals surface area contributed by atoms with Gasteiger partial charge in [-0.3, -0.25) is 0 Å². The predicted molar refractivity (Wildman–Crippen MR) is 111 cm³/mol. The Kier molecular flexibility index (Phi) is 6.29. The smallest absolute Gasteiger partial charge is 0.337 e. The first-order valence-corrected chi connectivity index (χ1v) is 9.74. The molecule has 0 atom stereocenters. The maximum atomic E-state index is 11.6. The van der Waals surface area contributed by atoms with Crippen LogP contribution in [0, 0.1) is 0 Å². The molecule has 0 radical (unpaired) electrons. The largest absolute Gasteiger partial charge is 0.465 e. The van der Waals surface area contributed by atoms with Crippen LogP contribution < -0.4 is 0 Å². The highest BCUT2D eigenvalue weighted by atomic mass is 79.9. The van der Waals surface area contributed by atoms with Gasteiger partial charge in [0, 0.05) is 17.4 Å². The molecule has 1 heterocycles. The number of hydrogen-bond acceptors (Lipinski definition) is 4. The van der Waals surface area contributed by atoms with Crippen LogP contribution in [0.1, 0.15) is 28.2 Å². The Bertz CT molecular complexity index is 932. The van der Waals surface area contributed by atoms with E-state index in [1.807, 2.05) is 24.3 Å². The summed E-state index contributed by atoms with van der Waals surface area (Å²) in [5, 5.41) is 0. The van der Waals surface area contributed by atoms with Crippen molar-refractivity contribution < 1.29 is 9.53 Å². The number of methoxy groups -OCH3 is 1. The lowest BCUT2D eigenvalue weighted by molar-refractivity contribution is 0.0600. The van der Waals surface area contributed by atoms with Crippen LogP contribution in [0.15, 0.2) is 46.9 Å². The molecule has 1 aromatic heterocycles. The first kappa shape index (κ1) is 19.6. The molecule has 0 saturated heterocycles. The number of halogens is 1. The third-order valence-electron chi connectivity index (χ3n) is 4.53. The molecule has 2 aromatic carbocycles. The number of imidazole rings is 1. The fourth-order valence-electron chi connectivity index (χ4n) is 3.15. The van der Waals surface area contributed by atoms with Crippen molar-refractivity contribution in [2.75, 3.05) is 27.7 Å². The van der Waals surface area contributed by atoms with Gasteiger partial charge in [0.25, 0.3) is 0 Å². The molecule has 0 amide bonds. The highest BCUT2D eigenvalue weighted by molar-refractivity contribution is 9.10. The number of carbonyl (C=O) groups is 1. The van der Waals surface area contributed by atoms with Crippen molar-refractivity contribution in [3.05, 3.63) is 63.9 Å². The molecule has 0 aliphatic carbocycles. The Balaban J connectivity index is 1.90. The molecule has 27 heavy (non-hydrogen) atoms. The van der Waals surface area contributed by atoms with Gasteiger partial charge in [0.15, 0.2) is 0 Å². The minimum Gasteiger partial charge on any atom is -0.465 e. The number of esters is 1. The summed E-state index contributed by atoms with van der Waals surface area (Å²) in [5.41, 5.74) is 3.80. The number of hydrogen-bond donors (Lipinski definition) is 0. The summed E-state index contributed by atoms with van der Waals surface area (Å²) in [4.78, 5) is 18.7. The number of fused-ring (bicyclic) bond motifs is 1. The van der Waals surface area contributed by atoms with Gasteiger partial charge in [-0.1, -0.05) is 18.2 Å². The molecule has 0 N–H and O–H groups in total. The van der Waals surface area contributed by atoms with Gasteiger partial charge in [0.05, 0.1) is 18.2 Å². The quantitative estimate of drug-likeness (QED) is 0.529. The van der Waals surface area contributed by atoms with Crippen molar-refractivity contribution in [3.63, 3.8) is 0 Å². The second kappa shape index (κ2) is 8.67. The monoisotopic (exact) mass is 429 g/mol. The third-order valence-corrected chi connectivity index (χ3v) is 5.17. The minimum absolute atomic E-state index is 0.318.